The number of amides is 2. The fourth-order valence-corrected chi connectivity index (χ4v) is 4.38. The largest absolute Gasteiger partial charge is 0.361 e. The molecule has 0 bridgehead atoms. The third-order valence-electron chi connectivity index (χ3n) is 6.38. The summed E-state index contributed by atoms with van der Waals surface area (Å²) in [5.74, 6) is -0.326. The molecule has 188 valence electrons. The van der Waals surface area contributed by atoms with E-state index in [9.17, 15) is 14.0 Å². The number of para-hydroxylation sites is 1. The van der Waals surface area contributed by atoms with Crippen LogP contribution >= 0.6 is 0 Å². The number of hydrogen-bond donors (Lipinski definition) is 1. The molecule has 5 nitrogen and oxygen atoms in total. The van der Waals surface area contributed by atoms with Crippen LogP contribution in [-0.4, -0.2) is 46.2 Å². The monoisotopic (exact) mass is 479 g/mol. The molecule has 0 aliphatic carbocycles. The average Bonchev–Trinajstić information content (AvgIpc) is 3.28. The van der Waals surface area contributed by atoms with Gasteiger partial charge in [0.05, 0.1) is 6.54 Å². The van der Waals surface area contributed by atoms with E-state index in [-0.39, 0.29) is 24.2 Å². The minimum absolute atomic E-state index is 0.0506. The molecule has 0 unspecified atom stereocenters. The highest BCUT2D eigenvalue weighted by Crippen LogP contribution is 2.19. The standard InChI is InChI=1S/C29H38FN3O2/c1-3-5-6-7-12-28(34)32(18-4-2)22-29(35)33(21-23-13-15-25(30)16-14-23)19-17-24-20-31-27-11-9-8-10-26(24)27/h8-11,13-16,20,31H,3-7,12,17-19,21-22H2,1-2H3. The lowest BCUT2D eigenvalue weighted by Crippen LogP contribution is -2.43. The van der Waals surface area contributed by atoms with Gasteiger partial charge in [-0.2, -0.15) is 0 Å². The Morgan fingerprint density at radius 1 is 0.857 bits per heavy atom. The van der Waals surface area contributed by atoms with Crippen LogP contribution in [0.2, 0.25) is 0 Å². The summed E-state index contributed by atoms with van der Waals surface area (Å²) in [5.41, 5.74) is 3.09. The highest BCUT2D eigenvalue weighted by Gasteiger charge is 2.21. The summed E-state index contributed by atoms with van der Waals surface area (Å²) < 4.78 is 13.4. The van der Waals surface area contributed by atoms with Gasteiger partial charge in [-0.05, 0) is 48.6 Å². The van der Waals surface area contributed by atoms with Crippen LogP contribution in [0.15, 0.2) is 54.7 Å². The molecule has 1 heterocycles. The SMILES string of the molecule is CCCCCCC(=O)N(CCC)CC(=O)N(CCc1c[nH]c2ccccc12)Cc1ccc(F)cc1. The average molecular weight is 480 g/mol. The van der Waals surface area contributed by atoms with E-state index in [1.165, 1.54) is 12.1 Å². The molecule has 0 atom stereocenters. The van der Waals surface area contributed by atoms with Gasteiger partial charge in [-0.15, -0.1) is 0 Å². The number of H-pyrrole nitrogens is 1. The van der Waals surface area contributed by atoms with Crippen LogP contribution in [0.5, 0.6) is 0 Å². The predicted octanol–water partition coefficient (Wildman–Crippen LogP) is 6.09. The molecule has 2 aromatic carbocycles. The van der Waals surface area contributed by atoms with Gasteiger partial charge >= 0.3 is 0 Å². The van der Waals surface area contributed by atoms with Crippen molar-refractivity contribution >= 4 is 22.7 Å². The maximum Gasteiger partial charge on any atom is 0.242 e. The molecule has 3 aromatic rings. The zero-order chi connectivity index (χ0) is 25.0. The Labute approximate surface area is 208 Å². The molecule has 0 aliphatic heterocycles. The van der Waals surface area contributed by atoms with Gasteiger partial charge in [-0.3, -0.25) is 9.59 Å². The van der Waals surface area contributed by atoms with Gasteiger partial charge in [0.1, 0.15) is 5.82 Å². The molecule has 0 saturated carbocycles. The van der Waals surface area contributed by atoms with E-state index >= 15 is 0 Å². The van der Waals surface area contributed by atoms with Crippen molar-refractivity contribution in [2.45, 2.75) is 65.3 Å². The van der Waals surface area contributed by atoms with E-state index in [2.05, 4.69) is 18.0 Å². The molecular weight excluding hydrogens is 441 g/mol. The number of nitrogens with one attached hydrogen (secondary N) is 1. The van der Waals surface area contributed by atoms with Crippen molar-refractivity contribution in [2.24, 2.45) is 0 Å². The first-order valence-corrected chi connectivity index (χ1v) is 12.9. The molecule has 35 heavy (non-hydrogen) atoms. The van der Waals surface area contributed by atoms with Crippen molar-refractivity contribution in [1.82, 2.24) is 14.8 Å². The van der Waals surface area contributed by atoms with Crippen LogP contribution in [0.4, 0.5) is 4.39 Å². The van der Waals surface area contributed by atoms with Gasteiger partial charge in [-0.1, -0.05) is 63.4 Å². The van der Waals surface area contributed by atoms with Crippen molar-refractivity contribution in [3.63, 3.8) is 0 Å². The van der Waals surface area contributed by atoms with Crippen molar-refractivity contribution in [1.29, 1.82) is 0 Å². The highest BCUT2D eigenvalue weighted by atomic mass is 19.1. The summed E-state index contributed by atoms with van der Waals surface area (Å²) in [6, 6.07) is 14.4. The third-order valence-corrected chi connectivity index (χ3v) is 6.38. The lowest BCUT2D eigenvalue weighted by molar-refractivity contribution is -0.141. The number of benzene rings is 2. The van der Waals surface area contributed by atoms with Gasteiger partial charge in [0.2, 0.25) is 11.8 Å². The molecule has 0 fully saturated rings. The van der Waals surface area contributed by atoms with Gasteiger partial charge < -0.3 is 14.8 Å². The first kappa shape index (κ1) is 26.5. The predicted molar refractivity (Wildman–Crippen MR) is 139 cm³/mol. The molecule has 0 radical (unpaired) electrons. The molecule has 6 heteroatoms. The number of fused-ring (bicyclic) bond motifs is 1. The number of carbonyl (C=O) groups is 2. The maximum atomic E-state index is 13.5. The number of aromatic nitrogens is 1. The lowest BCUT2D eigenvalue weighted by atomic mass is 10.1. The first-order valence-electron chi connectivity index (χ1n) is 12.9. The molecular formula is C29H38FN3O2. The van der Waals surface area contributed by atoms with E-state index in [0.717, 1.165) is 54.1 Å². The van der Waals surface area contributed by atoms with Gasteiger partial charge in [0, 0.05) is 43.2 Å². The normalized spacial score (nSPS) is 11.1. The third kappa shape index (κ3) is 7.94. The number of rotatable bonds is 14. The summed E-state index contributed by atoms with van der Waals surface area (Å²) in [6.07, 6.45) is 8.13. The van der Waals surface area contributed by atoms with Gasteiger partial charge in [0.25, 0.3) is 0 Å². The zero-order valence-corrected chi connectivity index (χ0v) is 21.1. The molecule has 2 amide bonds. The second-order valence-corrected chi connectivity index (χ2v) is 9.18. The summed E-state index contributed by atoms with van der Waals surface area (Å²) in [4.78, 5) is 33.1. The van der Waals surface area contributed by atoms with Crippen molar-refractivity contribution in [3.8, 4) is 0 Å². The number of halogens is 1. The molecule has 3 rings (SSSR count). The van der Waals surface area contributed by atoms with Crippen LogP contribution in [-0.2, 0) is 22.6 Å². The second-order valence-electron chi connectivity index (χ2n) is 9.18. The number of hydrogen-bond acceptors (Lipinski definition) is 2. The Morgan fingerprint density at radius 3 is 2.37 bits per heavy atom. The van der Waals surface area contributed by atoms with Crippen LogP contribution in [0.25, 0.3) is 10.9 Å². The van der Waals surface area contributed by atoms with Crippen molar-refractivity contribution in [3.05, 3.63) is 71.7 Å². The van der Waals surface area contributed by atoms with Gasteiger partial charge in [0.15, 0.2) is 0 Å². The van der Waals surface area contributed by atoms with E-state index in [1.807, 2.05) is 31.3 Å². The molecule has 0 aliphatic rings. The van der Waals surface area contributed by atoms with Gasteiger partial charge in [-0.25, -0.2) is 4.39 Å². The van der Waals surface area contributed by atoms with E-state index in [0.29, 0.717) is 32.5 Å². The summed E-state index contributed by atoms with van der Waals surface area (Å²) in [5, 5.41) is 1.15. The highest BCUT2D eigenvalue weighted by molar-refractivity contribution is 5.85. The molecule has 1 N–H and O–H groups in total. The zero-order valence-electron chi connectivity index (χ0n) is 21.1. The first-order chi connectivity index (χ1) is 17.0. The number of unbranched alkanes of at least 4 members (excludes halogenated alkanes) is 3. The Morgan fingerprint density at radius 2 is 1.63 bits per heavy atom. The van der Waals surface area contributed by atoms with Crippen LogP contribution in [0, 0.1) is 5.82 Å². The topological polar surface area (TPSA) is 56.4 Å². The van der Waals surface area contributed by atoms with Crippen LogP contribution in [0.3, 0.4) is 0 Å². The number of carbonyl (C=O) groups excluding carboxylic acids is 2. The Hall–Kier alpha value is -3.15. The van der Waals surface area contributed by atoms with Crippen LogP contribution in [0.1, 0.15) is 63.5 Å². The Bertz CT molecular complexity index is 1080. The molecule has 0 spiro atoms. The summed E-state index contributed by atoms with van der Waals surface area (Å²) in [7, 11) is 0. The van der Waals surface area contributed by atoms with E-state index in [4.69, 9.17) is 0 Å². The lowest BCUT2D eigenvalue weighted by Gasteiger charge is -2.28. The van der Waals surface area contributed by atoms with E-state index < -0.39 is 0 Å². The minimum atomic E-state index is -0.298. The number of aromatic amines is 1. The maximum absolute atomic E-state index is 13.5. The minimum Gasteiger partial charge on any atom is -0.361 e. The summed E-state index contributed by atoms with van der Waals surface area (Å²) >= 11 is 0. The number of nitrogens with zero attached hydrogens (tertiary/aromatic N) is 2. The molecule has 1 aromatic heterocycles. The fraction of sp³-hybridized carbons (Fsp3) is 0.448. The smallest absolute Gasteiger partial charge is 0.242 e. The van der Waals surface area contributed by atoms with Crippen molar-refractivity contribution < 1.29 is 14.0 Å². The Balaban J connectivity index is 1.71. The van der Waals surface area contributed by atoms with Crippen LogP contribution < -0.4 is 0 Å². The van der Waals surface area contributed by atoms with Crippen molar-refractivity contribution in [2.75, 3.05) is 19.6 Å². The molecule has 0 saturated heterocycles. The second kappa shape index (κ2) is 13.7. The Kier molecular flexibility index (Phi) is 10.3. The summed E-state index contributed by atoms with van der Waals surface area (Å²) in [6.45, 7) is 5.72. The fourth-order valence-electron chi connectivity index (χ4n) is 4.38. The quantitative estimate of drug-likeness (QED) is 0.285. The van der Waals surface area contributed by atoms with E-state index in [1.54, 1.807) is 21.9 Å².